The maximum absolute atomic E-state index is 10.8. The predicted octanol–water partition coefficient (Wildman–Crippen LogP) is 0.896. The van der Waals surface area contributed by atoms with Crippen LogP contribution in [0.25, 0.3) is 0 Å². The van der Waals surface area contributed by atoms with Crippen LogP contribution in [0.5, 0.6) is 0 Å². The molecule has 1 saturated heterocycles. The molecule has 60 valence electrons. The number of ketones is 1. The fourth-order valence-corrected chi connectivity index (χ4v) is 1.35. The second kappa shape index (κ2) is 3.02. The summed E-state index contributed by atoms with van der Waals surface area (Å²) in [5.74, 6) is 0.0667. The van der Waals surface area contributed by atoms with Crippen molar-refractivity contribution in [1.82, 2.24) is 0 Å². The predicted molar refractivity (Wildman–Crippen MR) is 38.8 cm³/mol. The number of nitriles is 1. The maximum atomic E-state index is 10.8. The minimum Gasteiger partial charge on any atom is -0.380 e. The normalized spacial score (nSPS) is 29.8. The van der Waals surface area contributed by atoms with E-state index in [9.17, 15) is 4.79 Å². The van der Waals surface area contributed by atoms with Gasteiger partial charge in [-0.05, 0) is 13.3 Å². The zero-order valence-electron chi connectivity index (χ0n) is 6.59. The number of hydrogen-bond acceptors (Lipinski definition) is 3. The van der Waals surface area contributed by atoms with Crippen LogP contribution in [0, 0.1) is 16.7 Å². The van der Waals surface area contributed by atoms with Crippen LogP contribution in [0.4, 0.5) is 0 Å². The lowest BCUT2D eigenvalue weighted by Crippen LogP contribution is -2.21. The van der Waals surface area contributed by atoms with Gasteiger partial charge < -0.3 is 4.74 Å². The van der Waals surface area contributed by atoms with Crippen LogP contribution in [0.1, 0.15) is 19.8 Å². The molecule has 0 N–H and O–H groups in total. The molecule has 0 amide bonds. The monoisotopic (exact) mass is 153 g/mol. The van der Waals surface area contributed by atoms with E-state index in [2.05, 4.69) is 6.07 Å². The number of Topliss-reactive ketones (excluding diaryl/α,β-unsaturated/α-hetero) is 1. The van der Waals surface area contributed by atoms with Crippen molar-refractivity contribution in [2.75, 3.05) is 13.2 Å². The molecule has 0 aromatic rings. The van der Waals surface area contributed by atoms with Crippen LogP contribution < -0.4 is 0 Å². The molecule has 1 aliphatic rings. The number of hydrogen-bond donors (Lipinski definition) is 0. The molecule has 0 bridgehead atoms. The average molecular weight is 153 g/mol. The molecule has 0 aromatic carbocycles. The summed E-state index contributed by atoms with van der Waals surface area (Å²) < 4.78 is 5.08. The van der Waals surface area contributed by atoms with Gasteiger partial charge in [0.2, 0.25) is 0 Å². The molecular weight excluding hydrogens is 142 g/mol. The Labute approximate surface area is 66.0 Å². The molecule has 0 aliphatic carbocycles. The summed E-state index contributed by atoms with van der Waals surface area (Å²) >= 11 is 0. The first-order valence-corrected chi connectivity index (χ1v) is 3.67. The maximum Gasteiger partial charge on any atom is 0.131 e. The van der Waals surface area contributed by atoms with Crippen molar-refractivity contribution in [1.29, 1.82) is 5.26 Å². The SMILES string of the molecule is CC(=O)CC1(C#N)CCOC1. The van der Waals surface area contributed by atoms with Gasteiger partial charge >= 0.3 is 0 Å². The minimum absolute atomic E-state index is 0.0667. The lowest BCUT2D eigenvalue weighted by Gasteiger charge is -2.14. The number of nitrogens with zero attached hydrogens (tertiary/aromatic N) is 1. The van der Waals surface area contributed by atoms with E-state index >= 15 is 0 Å². The Morgan fingerprint density at radius 1 is 1.82 bits per heavy atom. The number of carbonyl (C=O) groups excluding carboxylic acids is 1. The second-order valence-electron chi connectivity index (χ2n) is 3.07. The molecule has 1 aliphatic heterocycles. The van der Waals surface area contributed by atoms with Crippen LogP contribution in [0.3, 0.4) is 0 Å². The molecule has 0 radical (unpaired) electrons. The molecule has 1 atom stereocenters. The largest absolute Gasteiger partial charge is 0.380 e. The van der Waals surface area contributed by atoms with Crippen LogP contribution >= 0.6 is 0 Å². The number of rotatable bonds is 2. The summed E-state index contributed by atoms with van der Waals surface area (Å²) in [6, 6.07) is 2.16. The molecule has 0 saturated carbocycles. The van der Waals surface area contributed by atoms with E-state index in [1.54, 1.807) is 0 Å². The quantitative estimate of drug-likeness (QED) is 0.592. The van der Waals surface area contributed by atoms with Crippen molar-refractivity contribution in [2.45, 2.75) is 19.8 Å². The molecule has 3 heteroatoms. The molecule has 0 aromatic heterocycles. The third-order valence-electron chi connectivity index (χ3n) is 1.93. The van der Waals surface area contributed by atoms with Crippen LogP contribution in [0.15, 0.2) is 0 Å². The minimum atomic E-state index is -0.508. The topological polar surface area (TPSA) is 50.1 Å². The van der Waals surface area contributed by atoms with Crippen molar-refractivity contribution in [3.63, 3.8) is 0 Å². The molecule has 3 nitrogen and oxygen atoms in total. The first kappa shape index (κ1) is 8.22. The molecule has 1 unspecified atom stereocenters. The Kier molecular flexibility index (Phi) is 2.25. The smallest absolute Gasteiger partial charge is 0.131 e. The summed E-state index contributed by atoms with van der Waals surface area (Å²) in [5.41, 5.74) is -0.508. The number of ether oxygens (including phenoxy) is 1. The third-order valence-corrected chi connectivity index (χ3v) is 1.93. The van der Waals surface area contributed by atoms with Gasteiger partial charge in [-0.15, -0.1) is 0 Å². The van der Waals surface area contributed by atoms with Crippen LogP contribution in [-0.4, -0.2) is 19.0 Å². The Bertz CT molecular complexity index is 199. The summed E-state index contributed by atoms with van der Waals surface area (Å²) in [6.45, 7) is 2.54. The highest BCUT2D eigenvalue weighted by Crippen LogP contribution is 2.31. The van der Waals surface area contributed by atoms with E-state index in [1.807, 2.05) is 0 Å². The Hall–Kier alpha value is -0.880. The summed E-state index contributed by atoms with van der Waals surface area (Å²) in [7, 11) is 0. The van der Waals surface area contributed by atoms with Gasteiger partial charge in [-0.2, -0.15) is 5.26 Å². The van der Waals surface area contributed by atoms with Gasteiger partial charge in [-0.3, -0.25) is 4.79 Å². The van der Waals surface area contributed by atoms with Crippen molar-refractivity contribution >= 4 is 5.78 Å². The lowest BCUT2D eigenvalue weighted by molar-refractivity contribution is -0.118. The van der Waals surface area contributed by atoms with Gasteiger partial charge in [0, 0.05) is 13.0 Å². The fourth-order valence-electron chi connectivity index (χ4n) is 1.35. The molecule has 0 spiro atoms. The number of carbonyl (C=O) groups is 1. The Morgan fingerprint density at radius 2 is 2.55 bits per heavy atom. The fraction of sp³-hybridized carbons (Fsp3) is 0.750. The van der Waals surface area contributed by atoms with Crippen molar-refractivity contribution < 1.29 is 9.53 Å². The van der Waals surface area contributed by atoms with Gasteiger partial charge in [-0.1, -0.05) is 0 Å². The highest BCUT2D eigenvalue weighted by molar-refractivity contribution is 5.76. The van der Waals surface area contributed by atoms with Crippen LogP contribution in [-0.2, 0) is 9.53 Å². The molecule has 1 heterocycles. The van der Waals surface area contributed by atoms with E-state index in [1.165, 1.54) is 6.92 Å². The standard InChI is InChI=1S/C8H11NO2/c1-7(10)4-8(5-9)2-3-11-6-8/h2-4,6H2,1H3. The van der Waals surface area contributed by atoms with Gasteiger partial charge in [0.05, 0.1) is 18.1 Å². The summed E-state index contributed by atoms with van der Waals surface area (Å²) in [4.78, 5) is 10.8. The Morgan fingerprint density at radius 3 is 2.91 bits per heavy atom. The van der Waals surface area contributed by atoms with E-state index < -0.39 is 5.41 Å². The van der Waals surface area contributed by atoms with Gasteiger partial charge in [0.15, 0.2) is 0 Å². The molecule has 11 heavy (non-hydrogen) atoms. The van der Waals surface area contributed by atoms with Gasteiger partial charge in [-0.25, -0.2) is 0 Å². The van der Waals surface area contributed by atoms with Crippen molar-refractivity contribution in [3.05, 3.63) is 0 Å². The zero-order valence-corrected chi connectivity index (χ0v) is 6.59. The molecule has 1 rings (SSSR count). The van der Waals surface area contributed by atoms with E-state index in [4.69, 9.17) is 10.00 Å². The summed E-state index contributed by atoms with van der Waals surface area (Å²) in [5, 5.41) is 8.78. The van der Waals surface area contributed by atoms with Gasteiger partial charge in [0.1, 0.15) is 5.78 Å². The first-order chi connectivity index (χ1) is 5.18. The summed E-state index contributed by atoms with van der Waals surface area (Å²) in [6.07, 6.45) is 1.03. The Balaban J connectivity index is 2.61. The highest BCUT2D eigenvalue weighted by atomic mass is 16.5. The second-order valence-corrected chi connectivity index (χ2v) is 3.07. The van der Waals surface area contributed by atoms with Crippen molar-refractivity contribution in [2.24, 2.45) is 5.41 Å². The molecular formula is C8H11NO2. The highest BCUT2D eigenvalue weighted by Gasteiger charge is 2.36. The van der Waals surface area contributed by atoms with E-state index in [0.29, 0.717) is 26.1 Å². The zero-order chi connectivity index (χ0) is 8.32. The van der Waals surface area contributed by atoms with Crippen molar-refractivity contribution in [3.8, 4) is 6.07 Å². The van der Waals surface area contributed by atoms with E-state index in [0.717, 1.165) is 0 Å². The van der Waals surface area contributed by atoms with Gasteiger partial charge in [0.25, 0.3) is 0 Å². The van der Waals surface area contributed by atoms with E-state index in [-0.39, 0.29) is 5.78 Å². The molecule has 1 fully saturated rings. The first-order valence-electron chi connectivity index (χ1n) is 3.67. The lowest BCUT2D eigenvalue weighted by atomic mass is 9.84. The third kappa shape index (κ3) is 1.78. The average Bonchev–Trinajstić information content (AvgIpc) is 2.36. The van der Waals surface area contributed by atoms with Crippen LogP contribution in [0.2, 0.25) is 0 Å².